The summed E-state index contributed by atoms with van der Waals surface area (Å²) in [4.78, 5) is 28.6. The van der Waals surface area contributed by atoms with Gasteiger partial charge in [-0.1, -0.05) is 60.3 Å². The highest BCUT2D eigenvalue weighted by atomic mass is 16.6. The number of carbonyl (C=O) groups excluding carboxylic acids is 1. The lowest BCUT2D eigenvalue weighted by atomic mass is 9.89. The second-order valence-electron chi connectivity index (χ2n) is 8.80. The normalized spacial score (nSPS) is 14.6. The standard InChI is InChI=1S/C26H34N4O4/c1-18-7-9-20(10-8-18)26(21-11-12-23(27)22(13-21)15-28-16-25(32)33)30-34-17-24(31)29-14-19-5-3-2-4-6-19/h7-13,19,28H,2-6,14-17,27H2,1H3,(H,29,31)(H,32,33). The number of carboxylic acids is 1. The van der Waals surface area contributed by atoms with Crippen LogP contribution in [0.25, 0.3) is 0 Å². The van der Waals surface area contributed by atoms with Crippen molar-refractivity contribution in [3.63, 3.8) is 0 Å². The first-order valence-electron chi connectivity index (χ1n) is 11.8. The third-order valence-corrected chi connectivity index (χ3v) is 6.00. The molecule has 1 saturated carbocycles. The summed E-state index contributed by atoms with van der Waals surface area (Å²) < 4.78 is 0. The third kappa shape index (κ3) is 7.88. The first-order chi connectivity index (χ1) is 16.4. The van der Waals surface area contributed by atoms with Crippen molar-refractivity contribution < 1.29 is 19.5 Å². The topological polar surface area (TPSA) is 126 Å². The second-order valence-corrected chi connectivity index (χ2v) is 8.80. The molecule has 0 heterocycles. The van der Waals surface area contributed by atoms with Crippen LogP contribution in [0.4, 0.5) is 5.69 Å². The van der Waals surface area contributed by atoms with Crippen LogP contribution in [0.1, 0.15) is 54.4 Å². The smallest absolute Gasteiger partial charge is 0.317 e. The van der Waals surface area contributed by atoms with Gasteiger partial charge in [-0.05, 0) is 43.4 Å². The second kappa shape index (κ2) is 12.7. The van der Waals surface area contributed by atoms with Crippen LogP contribution in [0.5, 0.6) is 0 Å². The summed E-state index contributed by atoms with van der Waals surface area (Å²) in [5.41, 5.74) is 10.7. The molecule has 8 heteroatoms. The van der Waals surface area contributed by atoms with E-state index in [4.69, 9.17) is 15.7 Å². The van der Waals surface area contributed by atoms with Gasteiger partial charge in [-0.25, -0.2) is 0 Å². The van der Waals surface area contributed by atoms with E-state index >= 15 is 0 Å². The molecule has 3 rings (SSSR count). The molecule has 1 fully saturated rings. The minimum Gasteiger partial charge on any atom is -0.480 e. The molecule has 182 valence electrons. The number of hydrogen-bond donors (Lipinski definition) is 4. The van der Waals surface area contributed by atoms with E-state index in [1.54, 1.807) is 6.07 Å². The maximum absolute atomic E-state index is 12.3. The first kappa shape index (κ1) is 25.2. The van der Waals surface area contributed by atoms with Crippen molar-refractivity contribution >= 4 is 23.3 Å². The minimum atomic E-state index is -0.938. The maximum Gasteiger partial charge on any atom is 0.317 e. The maximum atomic E-state index is 12.3. The molecule has 34 heavy (non-hydrogen) atoms. The number of rotatable bonds is 11. The van der Waals surface area contributed by atoms with Gasteiger partial charge < -0.3 is 26.3 Å². The molecule has 0 aromatic heterocycles. The zero-order valence-electron chi connectivity index (χ0n) is 19.7. The van der Waals surface area contributed by atoms with Gasteiger partial charge in [0.15, 0.2) is 6.61 Å². The Labute approximate surface area is 200 Å². The number of carboxylic acid groups (broad SMARTS) is 1. The molecule has 8 nitrogen and oxygen atoms in total. The molecule has 2 aromatic rings. The number of amides is 1. The summed E-state index contributed by atoms with van der Waals surface area (Å²) in [6.07, 6.45) is 6.08. The van der Waals surface area contributed by atoms with Gasteiger partial charge in [0, 0.05) is 29.9 Å². The van der Waals surface area contributed by atoms with Crippen molar-refractivity contribution in [3.05, 3.63) is 64.7 Å². The van der Waals surface area contributed by atoms with Gasteiger partial charge in [0.1, 0.15) is 5.71 Å². The Morgan fingerprint density at radius 3 is 2.50 bits per heavy atom. The van der Waals surface area contributed by atoms with Crippen molar-refractivity contribution in [1.29, 1.82) is 0 Å². The Hall–Kier alpha value is -3.39. The molecule has 0 saturated heterocycles. The van der Waals surface area contributed by atoms with Crippen LogP contribution in [-0.2, 0) is 21.0 Å². The van der Waals surface area contributed by atoms with E-state index in [1.807, 2.05) is 43.3 Å². The number of oxime groups is 1. The molecule has 1 amide bonds. The van der Waals surface area contributed by atoms with Crippen LogP contribution in [0.3, 0.4) is 0 Å². The Bertz CT molecular complexity index is 998. The molecule has 0 aliphatic heterocycles. The zero-order chi connectivity index (χ0) is 24.3. The van der Waals surface area contributed by atoms with Gasteiger partial charge in [-0.2, -0.15) is 0 Å². The van der Waals surface area contributed by atoms with E-state index < -0.39 is 5.97 Å². The number of hydrogen-bond acceptors (Lipinski definition) is 6. The van der Waals surface area contributed by atoms with E-state index in [0.29, 0.717) is 30.4 Å². The molecular weight excluding hydrogens is 432 g/mol. The van der Waals surface area contributed by atoms with Crippen molar-refractivity contribution in [2.75, 3.05) is 25.4 Å². The molecule has 2 aromatic carbocycles. The van der Waals surface area contributed by atoms with Crippen molar-refractivity contribution in [2.45, 2.75) is 45.6 Å². The Morgan fingerprint density at radius 2 is 1.79 bits per heavy atom. The van der Waals surface area contributed by atoms with E-state index in [0.717, 1.165) is 35.1 Å². The number of benzene rings is 2. The Kier molecular flexibility index (Phi) is 9.46. The van der Waals surface area contributed by atoms with Crippen LogP contribution < -0.4 is 16.4 Å². The number of aryl methyl sites for hydroxylation is 1. The summed E-state index contributed by atoms with van der Waals surface area (Å²) >= 11 is 0. The van der Waals surface area contributed by atoms with E-state index in [9.17, 15) is 9.59 Å². The number of anilines is 1. The third-order valence-electron chi connectivity index (χ3n) is 6.00. The van der Waals surface area contributed by atoms with Gasteiger partial charge >= 0.3 is 5.97 Å². The van der Waals surface area contributed by atoms with Crippen LogP contribution in [0.15, 0.2) is 47.6 Å². The molecule has 1 aliphatic rings. The van der Waals surface area contributed by atoms with Crippen molar-refractivity contribution in [3.8, 4) is 0 Å². The SMILES string of the molecule is Cc1ccc(C(=NOCC(=O)NCC2CCCCC2)c2ccc(N)c(CNCC(=O)O)c2)cc1. The highest BCUT2D eigenvalue weighted by Crippen LogP contribution is 2.22. The average Bonchev–Trinajstić information content (AvgIpc) is 2.83. The fourth-order valence-electron chi connectivity index (χ4n) is 4.05. The first-order valence-corrected chi connectivity index (χ1v) is 11.8. The molecule has 0 radical (unpaired) electrons. The molecule has 5 N–H and O–H groups in total. The number of nitrogens with two attached hydrogens (primary N) is 1. The van der Waals surface area contributed by atoms with E-state index in [2.05, 4.69) is 15.8 Å². The molecule has 0 bridgehead atoms. The number of aliphatic carboxylic acids is 1. The van der Waals surface area contributed by atoms with Crippen molar-refractivity contribution in [2.24, 2.45) is 11.1 Å². The number of nitrogen functional groups attached to an aromatic ring is 1. The quantitative estimate of drug-likeness (QED) is 0.229. The lowest BCUT2D eigenvalue weighted by molar-refractivity contribution is -0.136. The van der Waals surface area contributed by atoms with Gasteiger partial charge in [0.05, 0.1) is 6.54 Å². The van der Waals surface area contributed by atoms with Gasteiger partial charge in [0.25, 0.3) is 5.91 Å². The van der Waals surface area contributed by atoms with Crippen LogP contribution in [0, 0.1) is 12.8 Å². The summed E-state index contributed by atoms with van der Waals surface area (Å²) in [6.45, 7) is 2.66. The predicted octanol–water partition coefficient (Wildman–Crippen LogP) is 3.22. The van der Waals surface area contributed by atoms with Crippen molar-refractivity contribution in [1.82, 2.24) is 10.6 Å². The number of carbonyl (C=O) groups is 2. The number of nitrogens with zero attached hydrogens (tertiary/aromatic N) is 1. The van der Waals surface area contributed by atoms with Gasteiger partial charge in [-0.3, -0.25) is 9.59 Å². The Balaban J connectivity index is 1.71. The van der Waals surface area contributed by atoms with E-state index in [1.165, 1.54) is 19.3 Å². The lowest BCUT2D eigenvalue weighted by Gasteiger charge is -2.21. The van der Waals surface area contributed by atoms with Gasteiger partial charge in [0.2, 0.25) is 0 Å². The minimum absolute atomic E-state index is 0.163. The van der Waals surface area contributed by atoms with Gasteiger partial charge in [-0.15, -0.1) is 0 Å². The molecule has 0 atom stereocenters. The summed E-state index contributed by atoms with van der Waals surface area (Å²) in [6, 6.07) is 13.3. The Morgan fingerprint density at radius 1 is 1.09 bits per heavy atom. The molecular formula is C26H34N4O4. The van der Waals surface area contributed by atoms with Crippen LogP contribution >= 0.6 is 0 Å². The largest absolute Gasteiger partial charge is 0.480 e. The highest BCUT2D eigenvalue weighted by molar-refractivity contribution is 6.12. The average molecular weight is 467 g/mol. The molecule has 0 spiro atoms. The lowest BCUT2D eigenvalue weighted by Crippen LogP contribution is -2.32. The summed E-state index contributed by atoms with van der Waals surface area (Å²) in [5.74, 6) is -0.576. The fourth-order valence-corrected chi connectivity index (χ4v) is 4.05. The molecule has 1 aliphatic carbocycles. The number of nitrogens with one attached hydrogen (secondary N) is 2. The predicted molar refractivity (Wildman–Crippen MR) is 133 cm³/mol. The van der Waals surface area contributed by atoms with E-state index in [-0.39, 0.29) is 19.1 Å². The van der Waals surface area contributed by atoms with Crippen LogP contribution in [0.2, 0.25) is 0 Å². The molecule has 0 unspecified atom stereocenters. The monoisotopic (exact) mass is 466 g/mol. The summed E-state index contributed by atoms with van der Waals surface area (Å²) in [7, 11) is 0. The highest BCUT2D eigenvalue weighted by Gasteiger charge is 2.15. The zero-order valence-corrected chi connectivity index (χ0v) is 19.7. The summed E-state index contributed by atoms with van der Waals surface area (Å²) in [5, 5.41) is 19.0. The fraction of sp³-hybridized carbons (Fsp3) is 0.423. The van der Waals surface area contributed by atoms with Crippen LogP contribution in [-0.4, -0.2) is 42.4 Å².